The van der Waals surface area contributed by atoms with E-state index < -0.39 is 0 Å². The van der Waals surface area contributed by atoms with Crippen LogP contribution < -0.4 is 5.73 Å². The van der Waals surface area contributed by atoms with E-state index in [-0.39, 0.29) is 12.3 Å². The summed E-state index contributed by atoms with van der Waals surface area (Å²) < 4.78 is 0. The normalized spacial score (nSPS) is 11.0. The molecule has 2 aromatic rings. The van der Waals surface area contributed by atoms with E-state index in [1.54, 1.807) is 18.2 Å². The molecule has 0 spiro atoms. The molecule has 0 atom stereocenters. The molecule has 2 rings (SSSR count). The highest BCUT2D eigenvalue weighted by Crippen LogP contribution is 2.26. The molecular weight excluding hydrogens is 305 g/mol. The minimum atomic E-state index is 0.0188. The first-order chi connectivity index (χ1) is 10.1. The van der Waals surface area contributed by atoms with Gasteiger partial charge in [0.15, 0.2) is 5.78 Å². The molecule has 108 valence electrons. The summed E-state index contributed by atoms with van der Waals surface area (Å²) in [6.07, 6.45) is 4.14. The van der Waals surface area contributed by atoms with Crippen molar-refractivity contribution in [1.82, 2.24) is 0 Å². The fourth-order valence-corrected chi connectivity index (χ4v) is 2.48. The van der Waals surface area contributed by atoms with Gasteiger partial charge in [0.25, 0.3) is 0 Å². The third-order valence-electron chi connectivity index (χ3n) is 3.02. The Morgan fingerprint density at radius 2 is 1.71 bits per heavy atom. The number of Topliss-reactive ketones (excluding diaryl/α,β-unsaturated/α-hetero) is 1. The second kappa shape index (κ2) is 7.41. The average molecular weight is 320 g/mol. The van der Waals surface area contributed by atoms with Crippen LogP contribution in [0.4, 0.5) is 0 Å². The summed E-state index contributed by atoms with van der Waals surface area (Å²) >= 11 is 12.2. The van der Waals surface area contributed by atoms with Gasteiger partial charge in [0.2, 0.25) is 0 Å². The van der Waals surface area contributed by atoms with Gasteiger partial charge in [0, 0.05) is 22.0 Å². The van der Waals surface area contributed by atoms with Crippen LogP contribution in [-0.4, -0.2) is 12.3 Å². The van der Waals surface area contributed by atoms with Crippen molar-refractivity contribution in [3.8, 4) is 0 Å². The molecule has 4 heteroatoms. The van der Waals surface area contributed by atoms with Gasteiger partial charge in [-0.2, -0.15) is 0 Å². The molecule has 0 unspecified atom stereocenters. The first-order valence-electron chi connectivity index (χ1n) is 6.53. The molecule has 2 aromatic carbocycles. The zero-order valence-corrected chi connectivity index (χ0v) is 12.9. The molecule has 0 saturated carbocycles. The lowest BCUT2D eigenvalue weighted by Crippen LogP contribution is -2.15. The van der Waals surface area contributed by atoms with Crippen molar-refractivity contribution in [3.63, 3.8) is 0 Å². The van der Waals surface area contributed by atoms with E-state index >= 15 is 0 Å². The number of nitrogens with two attached hydrogens (primary N) is 1. The number of ketones is 1. The van der Waals surface area contributed by atoms with Gasteiger partial charge in [-0.05, 0) is 23.3 Å². The molecule has 0 heterocycles. The van der Waals surface area contributed by atoms with E-state index in [0.29, 0.717) is 16.5 Å². The van der Waals surface area contributed by atoms with Crippen molar-refractivity contribution in [2.75, 3.05) is 6.54 Å². The van der Waals surface area contributed by atoms with E-state index in [1.807, 2.05) is 36.4 Å². The van der Waals surface area contributed by atoms with Crippen LogP contribution in [0.3, 0.4) is 0 Å². The SMILES string of the molecule is NCC(=O)Cc1cccc(C=Cc2c(Cl)cccc2Cl)c1. The summed E-state index contributed by atoms with van der Waals surface area (Å²) in [6, 6.07) is 13.1. The van der Waals surface area contributed by atoms with E-state index in [2.05, 4.69) is 0 Å². The molecule has 0 aliphatic heterocycles. The standard InChI is InChI=1S/C17H15Cl2NO/c18-16-5-2-6-17(19)15(16)8-7-12-3-1-4-13(9-12)10-14(21)11-20/h1-9H,10-11,20H2. The van der Waals surface area contributed by atoms with E-state index in [1.165, 1.54) is 0 Å². The zero-order valence-electron chi connectivity index (χ0n) is 11.4. The number of rotatable bonds is 5. The van der Waals surface area contributed by atoms with Crippen molar-refractivity contribution >= 4 is 41.1 Å². The molecule has 0 aromatic heterocycles. The Kier molecular flexibility index (Phi) is 5.57. The summed E-state index contributed by atoms with van der Waals surface area (Å²) in [5.41, 5.74) is 8.04. The van der Waals surface area contributed by atoms with Crippen LogP contribution >= 0.6 is 23.2 Å². The summed E-state index contributed by atoms with van der Waals surface area (Å²) in [4.78, 5) is 11.4. The Morgan fingerprint density at radius 1 is 1.05 bits per heavy atom. The average Bonchev–Trinajstić information content (AvgIpc) is 2.47. The van der Waals surface area contributed by atoms with Crippen LogP contribution in [0.2, 0.25) is 10.0 Å². The maximum atomic E-state index is 11.4. The van der Waals surface area contributed by atoms with Crippen LogP contribution in [0.15, 0.2) is 42.5 Å². The zero-order chi connectivity index (χ0) is 15.2. The predicted octanol–water partition coefficient (Wildman–Crippen LogP) is 4.23. The number of hydrogen-bond acceptors (Lipinski definition) is 2. The lowest BCUT2D eigenvalue weighted by molar-refractivity contribution is -0.117. The highest BCUT2D eigenvalue weighted by atomic mass is 35.5. The van der Waals surface area contributed by atoms with Gasteiger partial charge < -0.3 is 5.73 Å². The van der Waals surface area contributed by atoms with Gasteiger partial charge in [-0.3, -0.25) is 4.79 Å². The van der Waals surface area contributed by atoms with Crippen molar-refractivity contribution < 1.29 is 4.79 Å². The monoisotopic (exact) mass is 319 g/mol. The Labute approximate surface area is 134 Å². The van der Waals surface area contributed by atoms with Crippen molar-refractivity contribution in [2.45, 2.75) is 6.42 Å². The molecule has 0 fully saturated rings. The van der Waals surface area contributed by atoms with Crippen LogP contribution in [0.25, 0.3) is 12.2 Å². The Bertz CT molecular complexity index is 660. The fraction of sp³-hybridized carbons (Fsp3) is 0.118. The summed E-state index contributed by atoms with van der Waals surface area (Å²) in [5, 5.41) is 1.21. The van der Waals surface area contributed by atoms with Gasteiger partial charge in [-0.25, -0.2) is 0 Å². The third-order valence-corrected chi connectivity index (χ3v) is 3.68. The van der Waals surface area contributed by atoms with Crippen molar-refractivity contribution in [2.24, 2.45) is 5.73 Å². The minimum absolute atomic E-state index is 0.0188. The Balaban J connectivity index is 2.21. The van der Waals surface area contributed by atoms with Gasteiger partial charge in [-0.15, -0.1) is 0 Å². The van der Waals surface area contributed by atoms with E-state index in [9.17, 15) is 4.79 Å². The number of halogens is 2. The lowest BCUT2D eigenvalue weighted by atomic mass is 10.0. The lowest BCUT2D eigenvalue weighted by Gasteiger charge is -2.03. The molecule has 0 saturated heterocycles. The summed E-state index contributed by atoms with van der Waals surface area (Å²) in [6.45, 7) is 0.0648. The largest absolute Gasteiger partial charge is 0.324 e. The number of carbonyl (C=O) groups excluding carboxylic acids is 1. The van der Waals surface area contributed by atoms with Gasteiger partial charge in [0.1, 0.15) is 0 Å². The first kappa shape index (κ1) is 15.8. The quantitative estimate of drug-likeness (QED) is 0.838. The highest BCUT2D eigenvalue weighted by molar-refractivity contribution is 6.37. The topological polar surface area (TPSA) is 43.1 Å². The van der Waals surface area contributed by atoms with Crippen molar-refractivity contribution in [3.05, 3.63) is 69.2 Å². The third kappa shape index (κ3) is 4.43. The highest BCUT2D eigenvalue weighted by Gasteiger charge is 2.03. The molecule has 0 aliphatic carbocycles. The molecule has 0 amide bonds. The van der Waals surface area contributed by atoms with Crippen LogP contribution in [0, 0.1) is 0 Å². The second-order valence-electron chi connectivity index (χ2n) is 4.63. The minimum Gasteiger partial charge on any atom is -0.324 e. The maximum absolute atomic E-state index is 11.4. The molecule has 21 heavy (non-hydrogen) atoms. The summed E-state index contributed by atoms with van der Waals surface area (Å²) in [5.74, 6) is 0.0188. The fourth-order valence-electron chi connectivity index (χ4n) is 1.96. The Hall–Kier alpha value is -1.61. The predicted molar refractivity (Wildman–Crippen MR) is 89.6 cm³/mol. The molecule has 0 radical (unpaired) electrons. The van der Waals surface area contributed by atoms with Crippen LogP contribution in [0.5, 0.6) is 0 Å². The van der Waals surface area contributed by atoms with Gasteiger partial charge in [-0.1, -0.05) is 65.7 Å². The molecule has 0 bridgehead atoms. The van der Waals surface area contributed by atoms with Gasteiger partial charge in [0.05, 0.1) is 6.54 Å². The van der Waals surface area contributed by atoms with Gasteiger partial charge >= 0.3 is 0 Å². The first-order valence-corrected chi connectivity index (χ1v) is 7.28. The Morgan fingerprint density at radius 3 is 2.38 bits per heavy atom. The van der Waals surface area contributed by atoms with Crippen LogP contribution in [0.1, 0.15) is 16.7 Å². The second-order valence-corrected chi connectivity index (χ2v) is 5.45. The summed E-state index contributed by atoms with van der Waals surface area (Å²) in [7, 11) is 0. The van der Waals surface area contributed by atoms with E-state index in [0.717, 1.165) is 16.7 Å². The van der Waals surface area contributed by atoms with E-state index in [4.69, 9.17) is 28.9 Å². The van der Waals surface area contributed by atoms with Crippen molar-refractivity contribution in [1.29, 1.82) is 0 Å². The van der Waals surface area contributed by atoms with Crippen LogP contribution in [-0.2, 0) is 11.2 Å². The molecular formula is C17H15Cl2NO. The molecule has 0 aliphatic rings. The number of benzene rings is 2. The number of hydrogen-bond donors (Lipinski definition) is 1. The molecule has 2 nitrogen and oxygen atoms in total. The maximum Gasteiger partial charge on any atom is 0.150 e. The molecule has 2 N–H and O–H groups in total. The number of carbonyl (C=O) groups is 1. The smallest absolute Gasteiger partial charge is 0.150 e.